The van der Waals surface area contributed by atoms with Crippen molar-refractivity contribution < 1.29 is 13.2 Å². The van der Waals surface area contributed by atoms with Gasteiger partial charge in [0.2, 0.25) is 10.0 Å². The SMILES string of the molecule is CCN(C1CCC(N)CC1)S(=O)(=O)CC1CCCO1. The fourth-order valence-corrected chi connectivity index (χ4v) is 5.16. The van der Waals surface area contributed by atoms with E-state index < -0.39 is 10.0 Å². The van der Waals surface area contributed by atoms with E-state index in [1.54, 1.807) is 4.31 Å². The Kier molecular flexibility index (Phi) is 5.22. The molecule has 1 saturated heterocycles. The summed E-state index contributed by atoms with van der Waals surface area (Å²) in [5, 5.41) is 0. The van der Waals surface area contributed by atoms with Crippen molar-refractivity contribution in [1.29, 1.82) is 0 Å². The summed E-state index contributed by atoms with van der Waals surface area (Å²) in [5.41, 5.74) is 5.89. The summed E-state index contributed by atoms with van der Waals surface area (Å²) in [4.78, 5) is 0. The zero-order valence-corrected chi connectivity index (χ0v) is 12.6. The van der Waals surface area contributed by atoms with E-state index in [-0.39, 0.29) is 23.9 Å². The lowest BCUT2D eigenvalue weighted by Gasteiger charge is -2.35. The van der Waals surface area contributed by atoms with E-state index in [0.717, 1.165) is 38.5 Å². The summed E-state index contributed by atoms with van der Waals surface area (Å²) in [5.74, 6) is 0.142. The second-order valence-electron chi connectivity index (χ2n) is 5.69. The Morgan fingerprint density at radius 2 is 1.89 bits per heavy atom. The Hall–Kier alpha value is -0.170. The Bertz CT molecular complexity index is 371. The first-order valence-electron chi connectivity index (χ1n) is 7.39. The maximum absolute atomic E-state index is 12.5. The van der Waals surface area contributed by atoms with Gasteiger partial charge in [-0.1, -0.05) is 6.92 Å². The predicted molar refractivity (Wildman–Crippen MR) is 75.4 cm³/mol. The van der Waals surface area contributed by atoms with Gasteiger partial charge in [0.15, 0.2) is 0 Å². The molecular formula is C13H26N2O3S. The van der Waals surface area contributed by atoms with Gasteiger partial charge in [-0.2, -0.15) is 4.31 Å². The van der Waals surface area contributed by atoms with Gasteiger partial charge in [-0.25, -0.2) is 8.42 Å². The quantitative estimate of drug-likeness (QED) is 0.822. The van der Waals surface area contributed by atoms with Crippen LogP contribution in [-0.2, 0) is 14.8 Å². The van der Waals surface area contributed by atoms with E-state index >= 15 is 0 Å². The molecule has 0 aromatic rings. The number of nitrogens with two attached hydrogens (primary N) is 1. The van der Waals surface area contributed by atoms with E-state index in [0.29, 0.717) is 13.2 Å². The van der Waals surface area contributed by atoms with Crippen LogP contribution in [0.15, 0.2) is 0 Å². The molecule has 0 aromatic heterocycles. The zero-order chi connectivity index (χ0) is 13.9. The van der Waals surface area contributed by atoms with E-state index in [4.69, 9.17) is 10.5 Å². The molecule has 1 aliphatic carbocycles. The molecule has 0 radical (unpaired) electrons. The van der Waals surface area contributed by atoms with Crippen LogP contribution < -0.4 is 5.73 Å². The highest BCUT2D eigenvalue weighted by Crippen LogP contribution is 2.25. The maximum Gasteiger partial charge on any atom is 0.216 e. The number of rotatable bonds is 5. The van der Waals surface area contributed by atoms with Crippen molar-refractivity contribution in [2.75, 3.05) is 18.9 Å². The molecule has 0 bridgehead atoms. The fourth-order valence-electron chi connectivity index (χ4n) is 3.18. The van der Waals surface area contributed by atoms with Crippen LogP contribution in [0.25, 0.3) is 0 Å². The van der Waals surface area contributed by atoms with E-state index in [1.165, 1.54) is 0 Å². The molecule has 0 amide bonds. The number of ether oxygens (including phenoxy) is 1. The molecule has 1 atom stereocenters. The first kappa shape index (κ1) is 15.2. The maximum atomic E-state index is 12.5. The minimum absolute atomic E-state index is 0.107. The second kappa shape index (κ2) is 6.52. The molecule has 1 saturated carbocycles. The average Bonchev–Trinajstić information content (AvgIpc) is 2.84. The van der Waals surface area contributed by atoms with E-state index in [9.17, 15) is 8.42 Å². The Balaban J connectivity index is 1.98. The van der Waals surface area contributed by atoms with Gasteiger partial charge in [-0.15, -0.1) is 0 Å². The van der Waals surface area contributed by atoms with E-state index in [2.05, 4.69) is 0 Å². The standard InChI is InChI=1S/C13H26N2O3S/c1-2-15(12-7-5-11(14)6-8-12)19(16,17)10-13-4-3-9-18-13/h11-13H,2-10,14H2,1H3. The highest BCUT2D eigenvalue weighted by molar-refractivity contribution is 7.89. The van der Waals surface area contributed by atoms with Crippen LogP contribution in [0.4, 0.5) is 0 Å². The summed E-state index contributed by atoms with van der Waals surface area (Å²) < 4.78 is 32.2. The first-order chi connectivity index (χ1) is 9.03. The summed E-state index contributed by atoms with van der Waals surface area (Å²) >= 11 is 0. The fraction of sp³-hybridized carbons (Fsp3) is 1.00. The van der Waals surface area contributed by atoms with Crippen LogP contribution in [0.1, 0.15) is 45.4 Å². The minimum Gasteiger partial charge on any atom is -0.377 e. The van der Waals surface area contributed by atoms with Gasteiger partial charge >= 0.3 is 0 Å². The van der Waals surface area contributed by atoms with Crippen molar-refractivity contribution in [1.82, 2.24) is 4.31 Å². The Morgan fingerprint density at radius 1 is 1.21 bits per heavy atom. The Labute approximate surface area is 116 Å². The first-order valence-corrected chi connectivity index (χ1v) is 9.00. The third kappa shape index (κ3) is 3.90. The van der Waals surface area contributed by atoms with Gasteiger partial charge in [-0.3, -0.25) is 0 Å². The lowest BCUT2D eigenvalue weighted by molar-refractivity contribution is 0.125. The van der Waals surface area contributed by atoms with Crippen LogP contribution >= 0.6 is 0 Å². The minimum atomic E-state index is -3.21. The van der Waals surface area contributed by atoms with Gasteiger partial charge in [-0.05, 0) is 38.5 Å². The van der Waals surface area contributed by atoms with Crippen molar-refractivity contribution in [2.24, 2.45) is 5.73 Å². The zero-order valence-electron chi connectivity index (χ0n) is 11.8. The highest BCUT2D eigenvalue weighted by atomic mass is 32.2. The topological polar surface area (TPSA) is 72.6 Å². The van der Waals surface area contributed by atoms with Crippen LogP contribution in [-0.4, -0.2) is 49.8 Å². The predicted octanol–water partition coefficient (Wildman–Crippen LogP) is 1.09. The highest BCUT2D eigenvalue weighted by Gasteiger charge is 2.33. The second-order valence-corrected chi connectivity index (χ2v) is 7.65. The normalized spacial score (nSPS) is 32.9. The molecular weight excluding hydrogens is 264 g/mol. The molecule has 0 spiro atoms. The van der Waals surface area contributed by atoms with Gasteiger partial charge in [0.1, 0.15) is 0 Å². The number of hydrogen-bond donors (Lipinski definition) is 1. The van der Waals surface area contributed by atoms with Gasteiger partial charge < -0.3 is 10.5 Å². The van der Waals surface area contributed by atoms with Crippen molar-refractivity contribution in [3.8, 4) is 0 Å². The number of hydrogen-bond acceptors (Lipinski definition) is 4. The van der Waals surface area contributed by atoms with Gasteiger partial charge in [0.05, 0.1) is 11.9 Å². The molecule has 19 heavy (non-hydrogen) atoms. The van der Waals surface area contributed by atoms with Gasteiger partial charge in [0.25, 0.3) is 0 Å². The van der Waals surface area contributed by atoms with Crippen LogP contribution in [0.5, 0.6) is 0 Å². The van der Waals surface area contributed by atoms with Crippen LogP contribution in [0, 0.1) is 0 Å². The van der Waals surface area contributed by atoms with Gasteiger partial charge in [0, 0.05) is 25.2 Å². The number of nitrogens with zero attached hydrogens (tertiary/aromatic N) is 1. The molecule has 1 unspecified atom stereocenters. The van der Waals surface area contributed by atoms with Crippen LogP contribution in [0.3, 0.4) is 0 Å². The third-order valence-corrected chi connectivity index (χ3v) is 6.30. The van der Waals surface area contributed by atoms with Crippen molar-refractivity contribution in [3.63, 3.8) is 0 Å². The summed E-state index contributed by atoms with van der Waals surface area (Å²) in [6.07, 6.45) is 5.37. The molecule has 2 N–H and O–H groups in total. The molecule has 2 rings (SSSR count). The average molecular weight is 290 g/mol. The van der Waals surface area contributed by atoms with Crippen molar-refractivity contribution in [2.45, 2.75) is 63.6 Å². The van der Waals surface area contributed by atoms with Crippen molar-refractivity contribution in [3.05, 3.63) is 0 Å². The summed E-state index contributed by atoms with van der Waals surface area (Å²) in [6, 6.07) is 0.382. The lowest BCUT2D eigenvalue weighted by atomic mass is 9.92. The van der Waals surface area contributed by atoms with Crippen molar-refractivity contribution >= 4 is 10.0 Å². The summed E-state index contributed by atoms with van der Waals surface area (Å²) in [6.45, 7) is 3.17. The molecule has 2 fully saturated rings. The van der Waals surface area contributed by atoms with Crippen LogP contribution in [0.2, 0.25) is 0 Å². The molecule has 112 valence electrons. The third-order valence-electron chi connectivity index (χ3n) is 4.24. The molecule has 2 aliphatic rings. The summed E-state index contributed by atoms with van der Waals surface area (Å²) in [7, 11) is -3.21. The lowest BCUT2D eigenvalue weighted by Crippen LogP contribution is -2.46. The number of sulfonamides is 1. The smallest absolute Gasteiger partial charge is 0.216 e. The van der Waals surface area contributed by atoms with E-state index in [1.807, 2.05) is 6.92 Å². The monoisotopic (exact) mass is 290 g/mol. The largest absolute Gasteiger partial charge is 0.377 e. The Morgan fingerprint density at radius 3 is 2.42 bits per heavy atom. The molecule has 6 heteroatoms. The molecule has 1 aliphatic heterocycles. The molecule has 1 heterocycles. The molecule has 0 aromatic carbocycles. The molecule has 5 nitrogen and oxygen atoms in total.